The minimum Gasteiger partial charge on any atom is -0.438 e. The molecule has 0 spiro atoms. The highest BCUT2D eigenvalue weighted by Crippen LogP contribution is 2.60. The van der Waals surface area contributed by atoms with Crippen LogP contribution in [0, 0.1) is 28.1 Å². The molecule has 69 heavy (non-hydrogen) atoms. The lowest BCUT2D eigenvalue weighted by molar-refractivity contribution is -0.160. The van der Waals surface area contributed by atoms with Crippen LogP contribution in [0.5, 0.6) is 0 Å². The predicted octanol–water partition coefficient (Wildman–Crippen LogP) is 10.4. The smallest absolute Gasteiger partial charge is 0.340 e. The quantitative estimate of drug-likeness (QED) is 0.0472. The number of halogens is 4. The number of nitriles is 1. The van der Waals surface area contributed by atoms with Crippen molar-refractivity contribution in [3.63, 3.8) is 0 Å². The summed E-state index contributed by atoms with van der Waals surface area (Å²) in [5, 5.41) is 8.91. The number of alkyl halides is 4. The highest BCUT2D eigenvalue weighted by atomic mass is 32.1. The van der Waals surface area contributed by atoms with Crippen LogP contribution < -0.4 is 5.73 Å². The van der Waals surface area contributed by atoms with Crippen LogP contribution in [0.15, 0.2) is 60.7 Å². The molecule has 2 aromatic carbocycles. The largest absolute Gasteiger partial charge is 0.438 e. The number of benzene rings is 2. The average Bonchev–Trinajstić information content (AvgIpc) is 4.15. The van der Waals surface area contributed by atoms with E-state index in [2.05, 4.69) is 11.8 Å². The van der Waals surface area contributed by atoms with Gasteiger partial charge in [0.1, 0.15) is 6.29 Å². The molecule has 5 rings (SSSR count). The van der Waals surface area contributed by atoms with Gasteiger partial charge >= 0.3 is 11.6 Å². The van der Waals surface area contributed by atoms with Crippen LogP contribution in [0.25, 0.3) is 10.1 Å². The van der Waals surface area contributed by atoms with Gasteiger partial charge in [-0.2, -0.15) is 14.0 Å². The molecule has 2 unspecified atom stereocenters. The van der Waals surface area contributed by atoms with Gasteiger partial charge in [-0.1, -0.05) is 84.0 Å². The van der Waals surface area contributed by atoms with E-state index < -0.39 is 45.4 Å². The lowest BCUT2D eigenvalue weighted by atomic mass is 9.98. The molecule has 2 N–H and O–H groups in total. The Kier molecular flexibility index (Phi) is 36.2. The molecular weight excluding hydrogens is 942 g/mol. The van der Waals surface area contributed by atoms with Gasteiger partial charge < -0.3 is 34.3 Å². The van der Waals surface area contributed by atoms with Crippen molar-refractivity contribution >= 4 is 60.7 Å². The van der Waals surface area contributed by atoms with Crippen LogP contribution in [0.2, 0.25) is 0 Å². The van der Waals surface area contributed by atoms with Crippen LogP contribution in [0.4, 0.5) is 17.6 Å². The van der Waals surface area contributed by atoms with E-state index in [-0.39, 0.29) is 29.3 Å². The van der Waals surface area contributed by atoms with E-state index in [1.807, 2.05) is 82.8 Å². The van der Waals surface area contributed by atoms with Gasteiger partial charge in [0.2, 0.25) is 12.3 Å². The van der Waals surface area contributed by atoms with Crippen molar-refractivity contribution in [1.29, 1.82) is 5.26 Å². The molecule has 2 aliphatic heterocycles. The molecule has 3 aromatic rings. The molecule has 2 atom stereocenters. The minimum atomic E-state index is -3.50. The first-order valence-corrected chi connectivity index (χ1v) is 24.7. The van der Waals surface area contributed by atoms with Gasteiger partial charge in [-0.25, -0.2) is 8.78 Å². The normalized spacial score (nSPS) is 14.5. The first-order valence-electron chi connectivity index (χ1n) is 22.7. The van der Waals surface area contributed by atoms with E-state index in [9.17, 15) is 32.8 Å². The second-order valence-electron chi connectivity index (χ2n) is 16.8. The second kappa shape index (κ2) is 37.4. The summed E-state index contributed by atoms with van der Waals surface area (Å²) in [6.07, 6.45) is 3.44. The van der Waals surface area contributed by atoms with Crippen molar-refractivity contribution < 1.29 is 60.1 Å². The van der Waals surface area contributed by atoms with Gasteiger partial charge in [0.15, 0.2) is 19.9 Å². The number of nitrogens with two attached hydrogens (primary N) is 1. The predicted molar refractivity (Wildman–Crippen MR) is 266 cm³/mol. The van der Waals surface area contributed by atoms with Gasteiger partial charge in [-0.05, 0) is 77.2 Å². The maximum atomic E-state index is 15.0. The van der Waals surface area contributed by atoms with Crippen molar-refractivity contribution in [2.24, 2.45) is 22.5 Å². The first kappa shape index (κ1) is 66.7. The summed E-state index contributed by atoms with van der Waals surface area (Å²) in [5.74, 6) is -0.404. The van der Waals surface area contributed by atoms with Crippen molar-refractivity contribution in [1.82, 2.24) is 14.7 Å². The number of fused-ring (bicyclic) bond motifs is 1. The van der Waals surface area contributed by atoms with Gasteiger partial charge in [-0.3, -0.25) is 28.6 Å². The number of ether oxygens (including phenoxy) is 2. The Labute approximate surface area is 412 Å². The highest BCUT2D eigenvalue weighted by Gasteiger charge is 2.46. The molecule has 0 bridgehead atoms. The summed E-state index contributed by atoms with van der Waals surface area (Å²) in [7, 11) is -0.0112. The van der Waals surface area contributed by atoms with Gasteiger partial charge in [-0.15, -0.1) is 11.3 Å². The number of carbonyl (C=O) groups is 5. The molecule has 20 heteroatoms. The van der Waals surface area contributed by atoms with Gasteiger partial charge in [0.25, 0.3) is 14.8 Å². The molecule has 2 saturated heterocycles. The molecule has 0 aliphatic carbocycles. The van der Waals surface area contributed by atoms with Crippen LogP contribution >= 0.6 is 19.7 Å². The molecule has 0 radical (unpaired) electrons. The molecule has 2 amide bonds. The van der Waals surface area contributed by atoms with E-state index in [4.69, 9.17) is 23.8 Å². The summed E-state index contributed by atoms with van der Waals surface area (Å²) in [5.41, 5.74) is -0.262. The Hall–Kier alpha value is -4.41. The van der Waals surface area contributed by atoms with Crippen molar-refractivity contribution in [2.45, 2.75) is 100 Å². The maximum absolute atomic E-state index is 15.0. The van der Waals surface area contributed by atoms with E-state index >= 15 is 8.78 Å². The highest BCUT2D eigenvalue weighted by molar-refractivity contribution is 7.48. The molecule has 14 nitrogen and oxygen atoms in total. The zero-order valence-electron chi connectivity index (χ0n) is 42.3. The number of thiophene rings is 1. The molecule has 3 heterocycles. The molecule has 2 fully saturated rings. The maximum Gasteiger partial charge on any atom is 0.340 e. The fourth-order valence-electron chi connectivity index (χ4n) is 5.38. The summed E-state index contributed by atoms with van der Waals surface area (Å²) >= 11 is 1.21. The Morgan fingerprint density at radius 2 is 1.49 bits per heavy atom. The molecule has 2 aliphatic rings. The standard InChI is InChI=1S/C18H21F2O6PS.C11H20F2N2O.C6H8N2O.C6H6.C5H10O.C2H6.CH5N/c1-17(2,3)16(22)24-11-26-27(25-10-23-4)18(19,20)13-5-6-15-12(7-13)8-14(9-21)28-15;1-2-14(9-10(12)13)8-5-11(16)15-6-3-4-7-15;7-3-6-1-2-8(4-6)5-9;1-2-4-6-5-3-1;1-5(2,3)4-6;2*1-2/h5-9H,10-11H2,1-4H3;10H,2-9H2,1H3;5-6H,1-2,4H2;1-6H;4H,1-3H3;1-2H3;2H2,1H3. The first-order chi connectivity index (χ1) is 32.6. The Bertz CT molecular complexity index is 1860. The third-order valence-corrected chi connectivity index (χ3v) is 11.4. The summed E-state index contributed by atoms with van der Waals surface area (Å²) < 4.78 is 74.8. The fourth-order valence-corrected chi connectivity index (χ4v) is 7.34. The number of aldehydes is 2. The van der Waals surface area contributed by atoms with Crippen LogP contribution in [0.3, 0.4) is 0 Å². The van der Waals surface area contributed by atoms with E-state index in [0.717, 1.165) is 51.6 Å². The number of methoxy groups -OCH3 is 1. The number of amides is 2. The lowest BCUT2D eigenvalue weighted by Gasteiger charge is -2.26. The SMILES string of the molecule is CC.CC(C)(C)C=O.CCN(CCC(=O)N1CCCC1)CC(F)F.CN.COCOP(OCOC(=O)C(C)(C)C)C(F)(F)c1ccc2sc(C=O)cc2c1.N#CC1CCN(C=O)C1.c1ccccc1. The molecule has 1 aromatic heterocycles. The zero-order chi connectivity index (χ0) is 53.1. The van der Waals surface area contributed by atoms with Crippen molar-refractivity contribution in [3.8, 4) is 6.07 Å². The van der Waals surface area contributed by atoms with Crippen LogP contribution in [-0.4, -0.2) is 126 Å². The zero-order valence-corrected chi connectivity index (χ0v) is 44.0. The third kappa shape index (κ3) is 29.4. The Morgan fingerprint density at radius 3 is 1.91 bits per heavy atom. The number of hydrogen-bond donors (Lipinski definition) is 1. The fraction of sp³-hybridized carbons (Fsp3) is 0.592. The number of hydrogen-bond acceptors (Lipinski definition) is 13. The number of likely N-dealkylation sites (tertiary alicyclic amines) is 2. The van der Waals surface area contributed by atoms with Crippen LogP contribution in [-0.2, 0) is 43.4 Å². The van der Waals surface area contributed by atoms with Gasteiger partial charge in [0, 0.05) is 61.9 Å². The van der Waals surface area contributed by atoms with Gasteiger partial charge in [0.05, 0.1) is 28.8 Å². The number of nitrogens with zero attached hydrogens (tertiary/aromatic N) is 4. The Morgan fingerprint density at radius 1 is 0.942 bits per heavy atom. The summed E-state index contributed by atoms with van der Waals surface area (Å²) in [6, 6.07) is 19.7. The van der Waals surface area contributed by atoms with E-state index in [1.165, 1.54) is 49.8 Å². The second-order valence-corrected chi connectivity index (χ2v) is 19.5. The van der Waals surface area contributed by atoms with E-state index in [0.29, 0.717) is 47.3 Å². The lowest BCUT2D eigenvalue weighted by Crippen LogP contribution is -2.34. The van der Waals surface area contributed by atoms with Crippen molar-refractivity contribution in [2.75, 3.05) is 73.6 Å². The van der Waals surface area contributed by atoms with Crippen molar-refractivity contribution in [3.05, 3.63) is 71.1 Å². The Balaban J connectivity index is 0. The third-order valence-electron chi connectivity index (χ3n) is 9.00. The van der Waals surface area contributed by atoms with E-state index in [1.54, 1.807) is 30.6 Å². The number of esters is 1. The van der Waals surface area contributed by atoms with Crippen LogP contribution in [0.1, 0.15) is 103 Å². The monoisotopic (exact) mass is 1020 g/mol. The topological polar surface area (TPSA) is 182 Å². The number of carbonyl (C=O) groups excluding carboxylic acids is 5. The minimum absolute atomic E-state index is 0.0789. The molecule has 0 saturated carbocycles. The average molecular weight is 1020 g/mol. The molecule has 390 valence electrons. The number of rotatable bonds is 16. The summed E-state index contributed by atoms with van der Waals surface area (Å²) in [6.45, 7) is 19.1. The molecular formula is C49H76F4N5O9PS. The summed E-state index contributed by atoms with van der Waals surface area (Å²) in [4.78, 5) is 59.8.